The average Bonchev–Trinajstić information content (AvgIpc) is 2.83. The summed E-state index contributed by atoms with van der Waals surface area (Å²) in [6.07, 6.45) is 0. The quantitative estimate of drug-likeness (QED) is 0.749. The van der Waals surface area contributed by atoms with Gasteiger partial charge >= 0.3 is 0 Å². The molecule has 0 atom stereocenters. The highest BCUT2D eigenvalue weighted by atomic mass is 32.2. The van der Waals surface area contributed by atoms with E-state index in [-0.39, 0.29) is 23.2 Å². The molecule has 0 amide bonds. The zero-order valence-corrected chi connectivity index (χ0v) is 12.9. The Hall–Kier alpha value is -1.84. The Kier molecular flexibility index (Phi) is 4.66. The molecule has 9 heteroatoms. The normalized spacial score (nSPS) is 11.5. The van der Waals surface area contributed by atoms with Gasteiger partial charge in [0.25, 0.3) is 0 Å². The van der Waals surface area contributed by atoms with Gasteiger partial charge in [-0.25, -0.2) is 13.1 Å². The minimum absolute atomic E-state index is 0.0336. The average molecular weight is 326 g/mol. The molecule has 0 bridgehead atoms. The zero-order valence-electron chi connectivity index (χ0n) is 11.2. The number of nitrogens with one attached hydrogen (secondary N) is 1. The highest BCUT2D eigenvalue weighted by Crippen LogP contribution is 2.08. The van der Waals surface area contributed by atoms with Crippen LogP contribution in [0.15, 0.2) is 28.8 Å². The summed E-state index contributed by atoms with van der Waals surface area (Å²) in [6, 6.07) is 6.72. The van der Waals surface area contributed by atoms with Gasteiger partial charge in [-0.2, -0.15) is 4.98 Å². The fourth-order valence-electron chi connectivity index (χ4n) is 1.62. The molecule has 112 valence electrons. The molecule has 0 saturated heterocycles. The Bertz CT molecular complexity index is 738. The number of hydrogen-bond donors (Lipinski definition) is 2. The molecule has 2 rings (SSSR count). The zero-order chi connectivity index (χ0) is 15.5. The summed E-state index contributed by atoms with van der Waals surface area (Å²) >= 11 is 4.84. The molecule has 0 aliphatic carbocycles. The number of hydrogen-bond acceptors (Lipinski definition) is 6. The predicted octanol–water partition coefficient (Wildman–Crippen LogP) is 0.632. The summed E-state index contributed by atoms with van der Waals surface area (Å²) in [5.74, 6) is 0.523. The van der Waals surface area contributed by atoms with Crippen molar-refractivity contribution in [1.29, 1.82) is 0 Å². The van der Waals surface area contributed by atoms with Crippen LogP contribution < -0.4 is 10.5 Å². The Balaban J connectivity index is 1.98. The third-order valence-corrected chi connectivity index (χ3v) is 4.14. The van der Waals surface area contributed by atoms with Gasteiger partial charge < -0.3 is 10.3 Å². The summed E-state index contributed by atoms with van der Waals surface area (Å²) in [5.41, 5.74) is 6.81. The number of aromatic nitrogens is 2. The van der Waals surface area contributed by atoms with Gasteiger partial charge in [0.2, 0.25) is 15.9 Å². The lowest BCUT2D eigenvalue weighted by Gasteiger charge is -2.05. The van der Waals surface area contributed by atoms with E-state index in [4.69, 9.17) is 22.5 Å². The largest absolute Gasteiger partial charge is 0.389 e. The Morgan fingerprint density at radius 1 is 1.38 bits per heavy atom. The van der Waals surface area contributed by atoms with E-state index in [0.29, 0.717) is 17.0 Å². The predicted molar refractivity (Wildman–Crippen MR) is 80.8 cm³/mol. The van der Waals surface area contributed by atoms with Crippen LogP contribution in [-0.4, -0.2) is 23.5 Å². The van der Waals surface area contributed by atoms with E-state index in [1.807, 2.05) is 0 Å². The molecular formula is C12H14N4O3S2. The summed E-state index contributed by atoms with van der Waals surface area (Å²) < 4.78 is 31.1. The van der Waals surface area contributed by atoms with Gasteiger partial charge in [-0.15, -0.1) is 0 Å². The van der Waals surface area contributed by atoms with Gasteiger partial charge in [0.05, 0.1) is 12.3 Å². The molecule has 21 heavy (non-hydrogen) atoms. The maximum absolute atomic E-state index is 11.9. The van der Waals surface area contributed by atoms with Crippen molar-refractivity contribution in [2.45, 2.75) is 19.2 Å². The first-order chi connectivity index (χ1) is 9.85. The van der Waals surface area contributed by atoms with Crippen molar-refractivity contribution in [3.8, 4) is 0 Å². The van der Waals surface area contributed by atoms with Crippen molar-refractivity contribution in [2.75, 3.05) is 0 Å². The molecular weight excluding hydrogens is 312 g/mol. The summed E-state index contributed by atoms with van der Waals surface area (Å²) in [5, 5.41) is 3.58. The first kappa shape index (κ1) is 15.5. The van der Waals surface area contributed by atoms with Crippen LogP contribution in [-0.2, 0) is 22.3 Å². The third kappa shape index (κ3) is 4.59. The van der Waals surface area contributed by atoms with Gasteiger partial charge in [0, 0.05) is 5.56 Å². The van der Waals surface area contributed by atoms with E-state index in [1.165, 1.54) is 0 Å². The number of aryl methyl sites for hydroxylation is 1. The molecule has 0 spiro atoms. The lowest BCUT2D eigenvalue weighted by Crippen LogP contribution is -2.25. The highest BCUT2D eigenvalue weighted by molar-refractivity contribution is 7.88. The van der Waals surface area contributed by atoms with E-state index >= 15 is 0 Å². The molecule has 3 N–H and O–H groups in total. The number of benzene rings is 1. The Morgan fingerprint density at radius 2 is 2.05 bits per heavy atom. The molecule has 0 fully saturated rings. The van der Waals surface area contributed by atoms with Gasteiger partial charge in [-0.05, 0) is 12.5 Å². The van der Waals surface area contributed by atoms with Crippen LogP contribution >= 0.6 is 12.2 Å². The van der Waals surface area contributed by atoms with E-state index < -0.39 is 10.0 Å². The standard InChI is InChI=1S/C12H14N4O3S2/c1-8-15-11(19-16-8)6-14-21(17,18)7-9-2-4-10(5-3-9)12(13)20/h2-5,14H,6-7H2,1H3,(H2,13,20). The molecule has 1 aromatic heterocycles. The van der Waals surface area contributed by atoms with Crippen LogP contribution in [0.2, 0.25) is 0 Å². The highest BCUT2D eigenvalue weighted by Gasteiger charge is 2.13. The van der Waals surface area contributed by atoms with Crippen molar-refractivity contribution in [3.63, 3.8) is 0 Å². The van der Waals surface area contributed by atoms with E-state index in [2.05, 4.69) is 14.9 Å². The molecule has 0 aliphatic heterocycles. The number of thiocarbonyl (C=S) groups is 1. The molecule has 7 nitrogen and oxygen atoms in total. The van der Waals surface area contributed by atoms with Crippen molar-refractivity contribution in [2.24, 2.45) is 5.73 Å². The van der Waals surface area contributed by atoms with Crippen LogP contribution in [0.1, 0.15) is 22.8 Å². The van der Waals surface area contributed by atoms with Crippen LogP contribution in [0.25, 0.3) is 0 Å². The maximum atomic E-state index is 11.9. The smallest absolute Gasteiger partial charge is 0.241 e. The van der Waals surface area contributed by atoms with Gasteiger partial charge in [0.1, 0.15) is 4.99 Å². The minimum Gasteiger partial charge on any atom is -0.389 e. The Morgan fingerprint density at radius 3 is 2.57 bits per heavy atom. The van der Waals surface area contributed by atoms with Crippen molar-refractivity contribution < 1.29 is 12.9 Å². The van der Waals surface area contributed by atoms with Crippen LogP contribution in [0.5, 0.6) is 0 Å². The molecule has 0 saturated carbocycles. The summed E-state index contributed by atoms with van der Waals surface area (Å²) in [4.78, 5) is 4.19. The summed E-state index contributed by atoms with van der Waals surface area (Å²) in [7, 11) is -3.50. The summed E-state index contributed by atoms with van der Waals surface area (Å²) in [6.45, 7) is 1.62. The maximum Gasteiger partial charge on any atom is 0.241 e. The third-order valence-electron chi connectivity index (χ3n) is 2.61. The van der Waals surface area contributed by atoms with Crippen LogP contribution in [0.3, 0.4) is 0 Å². The molecule has 1 aromatic carbocycles. The van der Waals surface area contributed by atoms with E-state index in [1.54, 1.807) is 31.2 Å². The second kappa shape index (κ2) is 6.29. The molecule has 0 radical (unpaired) electrons. The topological polar surface area (TPSA) is 111 Å². The van der Waals surface area contributed by atoms with E-state index in [0.717, 1.165) is 0 Å². The lowest BCUT2D eigenvalue weighted by atomic mass is 10.1. The Labute approximate surface area is 127 Å². The van der Waals surface area contributed by atoms with Crippen molar-refractivity contribution in [1.82, 2.24) is 14.9 Å². The minimum atomic E-state index is -3.50. The number of nitrogens with two attached hydrogens (primary N) is 1. The first-order valence-corrected chi connectivity index (χ1v) is 8.07. The molecule has 0 unspecified atom stereocenters. The molecule has 1 heterocycles. The molecule has 0 aliphatic rings. The van der Waals surface area contributed by atoms with Gasteiger partial charge in [-0.1, -0.05) is 41.6 Å². The first-order valence-electron chi connectivity index (χ1n) is 6.01. The number of sulfonamides is 1. The second-order valence-corrected chi connectivity index (χ2v) is 6.62. The SMILES string of the molecule is Cc1noc(CNS(=O)(=O)Cc2ccc(C(N)=S)cc2)n1. The number of rotatable bonds is 6. The van der Waals surface area contributed by atoms with Crippen LogP contribution in [0.4, 0.5) is 0 Å². The van der Waals surface area contributed by atoms with Crippen LogP contribution in [0, 0.1) is 6.92 Å². The van der Waals surface area contributed by atoms with Crippen molar-refractivity contribution in [3.05, 3.63) is 47.1 Å². The number of nitrogens with zero attached hydrogens (tertiary/aromatic N) is 2. The lowest BCUT2D eigenvalue weighted by molar-refractivity contribution is 0.372. The monoisotopic (exact) mass is 326 g/mol. The van der Waals surface area contributed by atoms with Gasteiger partial charge in [0.15, 0.2) is 5.82 Å². The van der Waals surface area contributed by atoms with Crippen molar-refractivity contribution >= 4 is 27.2 Å². The fourth-order valence-corrected chi connectivity index (χ4v) is 2.83. The molecule has 2 aromatic rings. The van der Waals surface area contributed by atoms with E-state index in [9.17, 15) is 8.42 Å². The second-order valence-electron chi connectivity index (χ2n) is 4.38. The fraction of sp³-hybridized carbons (Fsp3) is 0.250. The van der Waals surface area contributed by atoms with Gasteiger partial charge in [-0.3, -0.25) is 0 Å².